The summed E-state index contributed by atoms with van der Waals surface area (Å²) in [6.45, 7) is 11.5. The van der Waals surface area contributed by atoms with Gasteiger partial charge in [0.2, 0.25) is 0 Å². The van der Waals surface area contributed by atoms with Gasteiger partial charge >= 0.3 is 0 Å². The van der Waals surface area contributed by atoms with E-state index in [1.54, 1.807) is 0 Å². The molecule has 1 fully saturated rings. The maximum atomic E-state index is 5.69. The van der Waals surface area contributed by atoms with Crippen molar-refractivity contribution in [2.75, 3.05) is 26.3 Å². The van der Waals surface area contributed by atoms with E-state index < -0.39 is 0 Å². The maximum Gasteiger partial charge on any atom is 0.191 e. The van der Waals surface area contributed by atoms with E-state index in [1.165, 1.54) is 12.8 Å². The van der Waals surface area contributed by atoms with Crippen LogP contribution in [0.4, 0.5) is 0 Å². The molecule has 0 radical (unpaired) electrons. The molecule has 1 atom stereocenters. The normalized spacial score (nSPS) is 17.8. The molecule has 1 aromatic rings. The molecule has 2 rings (SSSR count). The first kappa shape index (κ1) is 17.9. The highest BCUT2D eigenvalue weighted by Crippen LogP contribution is 2.49. The van der Waals surface area contributed by atoms with Crippen LogP contribution in [0.2, 0.25) is 0 Å². The molecule has 0 amide bonds. The summed E-state index contributed by atoms with van der Waals surface area (Å²) < 4.78 is 11.2. The first-order chi connectivity index (χ1) is 11.1. The average molecular weight is 321 g/mol. The molecule has 5 heteroatoms. The number of aliphatic imine (C=N–C) groups is 1. The van der Waals surface area contributed by atoms with Crippen molar-refractivity contribution >= 4 is 5.96 Å². The minimum atomic E-state index is 0.0973. The number of furan rings is 1. The number of nitrogens with one attached hydrogen (secondary N) is 2. The fourth-order valence-electron chi connectivity index (χ4n) is 2.63. The Morgan fingerprint density at radius 1 is 1.39 bits per heavy atom. The summed E-state index contributed by atoms with van der Waals surface area (Å²) in [5, 5.41) is 6.75. The number of hydrogen-bond donors (Lipinski definition) is 2. The Balaban J connectivity index is 1.89. The Kier molecular flexibility index (Phi) is 6.51. The molecule has 1 aromatic heterocycles. The lowest BCUT2D eigenvalue weighted by molar-refractivity contribution is 0.129. The van der Waals surface area contributed by atoms with Crippen LogP contribution < -0.4 is 10.6 Å². The third-order valence-corrected chi connectivity index (χ3v) is 4.40. The molecule has 1 saturated carbocycles. The van der Waals surface area contributed by atoms with Gasteiger partial charge < -0.3 is 19.8 Å². The summed E-state index contributed by atoms with van der Waals surface area (Å²) in [6.07, 6.45) is 3.63. The predicted molar refractivity (Wildman–Crippen MR) is 93.8 cm³/mol. The number of aryl methyl sites for hydroxylation is 1. The van der Waals surface area contributed by atoms with Crippen molar-refractivity contribution in [2.45, 2.75) is 53.0 Å². The van der Waals surface area contributed by atoms with E-state index in [9.17, 15) is 0 Å². The van der Waals surface area contributed by atoms with E-state index in [4.69, 9.17) is 14.1 Å². The molecule has 0 saturated heterocycles. The standard InChI is InChI=1S/C18H31N3O2/c1-5-19-17(21-15(4)16-8-7-14(3)23-16)20-13-18(9-10-18)11-12-22-6-2/h7-8,15H,5-6,9-13H2,1-4H3,(H2,19,20,21). The highest BCUT2D eigenvalue weighted by molar-refractivity contribution is 5.80. The summed E-state index contributed by atoms with van der Waals surface area (Å²) in [7, 11) is 0. The van der Waals surface area contributed by atoms with E-state index in [0.29, 0.717) is 5.41 Å². The second kappa shape index (κ2) is 8.39. The van der Waals surface area contributed by atoms with Crippen molar-refractivity contribution in [3.8, 4) is 0 Å². The van der Waals surface area contributed by atoms with Gasteiger partial charge in [-0.25, -0.2) is 0 Å². The van der Waals surface area contributed by atoms with Gasteiger partial charge in [0.15, 0.2) is 5.96 Å². The molecule has 0 bridgehead atoms. The Bertz CT molecular complexity index is 506. The molecule has 0 aromatic carbocycles. The van der Waals surface area contributed by atoms with Crippen molar-refractivity contribution in [2.24, 2.45) is 10.4 Å². The van der Waals surface area contributed by atoms with Crippen LogP contribution >= 0.6 is 0 Å². The van der Waals surface area contributed by atoms with Crippen LogP contribution in [0.25, 0.3) is 0 Å². The van der Waals surface area contributed by atoms with Crippen molar-refractivity contribution in [1.29, 1.82) is 0 Å². The van der Waals surface area contributed by atoms with Gasteiger partial charge in [0.05, 0.1) is 6.04 Å². The summed E-state index contributed by atoms with van der Waals surface area (Å²) >= 11 is 0. The largest absolute Gasteiger partial charge is 0.464 e. The van der Waals surface area contributed by atoms with Crippen molar-refractivity contribution < 1.29 is 9.15 Å². The fraction of sp³-hybridized carbons (Fsp3) is 0.722. The average Bonchev–Trinajstić information content (AvgIpc) is 3.16. The molecule has 1 heterocycles. The molecule has 130 valence electrons. The van der Waals surface area contributed by atoms with Crippen LogP contribution in [0, 0.1) is 12.3 Å². The van der Waals surface area contributed by atoms with Gasteiger partial charge in [-0.1, -0.05) is 0 Å². The lowest BCUT2D eigenvalue weighted by Gasteiger charge is -2.18. The molecule has 5 nitrogen and oxygen atoms in total. The van der Waals surface area contributed by atoms with Gasteiger partial charge in [-0.3, -0.25) is 4.99 Å². The Hall–Kier alpha value is -1.49. The van der Waals surface area contributed by atoms with Crippen molar-refractivity contribution in [3.63, 3.8) is 0 Å². The third-order valence-electron chi connectivity index (χ3n) is 4.40. The highest BCUT2D eigenvalue weighted by Gasteiger charge is 2.41. The number of ether oxygens (including phenoxy) is 1. The minimum Gasteiger partial charge on any atom is -0.464 e. The zero-order chi connectivity index (χ0) is 16.7. The van der Waals surface area contributed by atoms with Crippen molar-refractivity contribution in [1.82, 2.24) is 10.6 Å². The maximum absolute atomic E-state index is 5.69. The summed E-state index contributed by atoms with van der Waals surface area (Å²) in [5.74, 6) is 2.73. The van der Waals surface area contributed by atoms with Gasteiger partial charge in [-0.15, -0.1) is 0 Å². The topological polar surface area (TPSA) is 58.8 Å². The van der Waals surface area contributed by atoms with E-state index in [1.807, 2.05) is 26.0 Å². The molecule has 1 aliphatic rings. The molecular weight excluding hydrogens is 290 g/mol. The monoisotopic (exact) mass is 321 g/mol. The molecule has 0 spiro atoms. The summed E-state index contributed by atoms with van der Waals surface area (Å²) in [5.41, 5.74) is 0.363. The first-order valence-electron chi connectivity index (χ1n) is 8.77. The van der Waals surface area contributed by atoms with E-state index in [2.05, 4.69) is 24.5 Å². The first-order valence-corrected chi connectivity index (χ1v) is 8.77. The Labute approximate surface area is 139 Å². The van der Waals surface area contributed by atoms with Crippen LogP contribution in [0.3, 0.4) is 0 Å². The molecule has 23 heavy (non-hydrogen) atoms. The van der Waals surface area contributed by atoms with Crippen LogP contribution in [-0.2, 0) is 4.74 Å². The van der Waals surface area contributed by atoms with Crippen molar-refractivity contribution in [3.05, 3.63) is 23.7 Å². The number of hydrogen-bond acceptors (Lipinski definition) is 3. The molecule has 2 N–H and O–H groups in total. The second-order valence-electron chi connectivity index (χ2n) is 6.46. The number of guanidine groups is 1. The molecule has 1 unspecified atom stereocenters. The predicted octanol–water partition coefficient (Wildman–Crippen LogP) is 3.41. The van der Waals surface area contributed by atoms with Gasteiger partial charge in [-0.05, 0) is 64.5 Å². The van der Waals surface area contributed by atoms with Gasteiger partial charge in [0, 0.05) is 26.3 Å². The zero-order valence-electron chi connectivity index (χ0n) is 14.9. The van der Waals surface area contributed by atoms with Crippen LogP contribution in [-0.4, -0.2) is 32.3 Å². The SMILES string of the molecule is CCNC(=NCC1(CCOCC)CC1)NC(C)c1ccc(C)o1. The third kappa shape index (κ3) is 5.57. The Morgan fingerprint density at radius 2 is 2.17 bits per heavy atom. The van der Waals surface area contributed by atoms with Crippen LogP contribution in [0.15, 0.2) is 21.5 Å². The van der Waals surface area contributed by atoms with Gasteiger partial charge in [-0.2, -0.15) is 0 Å². The molecular formula is C18H31N3O2. The quantitative estimate of drug-likeness (QED) is 0.416. The fourth-order valence-corrected chi connectivity index (χ4v) is 2.63. The molecule has 0 aliphatic heterocycles. The van der Waals surface area contributed by atoms with Gasteiger partial charge in [0.1, 0.15) is 11.5 Å². The minimum absolute atomic E-state index is 0.0973. The van der Waals surface area contributed by atoms with E-state index in [-0.39, 0.29) is 6.04 Å². The second-order valence-corrected chi connectivity index (χ2v) is 6.46. The number of nitrogens with zero attached hydrogens (tertiary/aromatic N) is 1. The summed E-state index contributed by atoms with van der Waals surface area (Å²) in [6, 6.07) is 4.10. The molecule has 1 aliphatic carbocycles. The lowest BCUT2D eigenvalue weighted by Crippen LogP contribution is -2.39. The zero-order valence-corrected chi connectivity index (χ0v) is 14.9. The van der Waals surface area contributed by atoms with E-state index in [0.717, 1.165) is 50.2 Å². The Morgan fingerprint density at radius 3 is 2.74 bits per heavy atom. The number of rotatable bonds is 9. The lowest BCUT2D eigenvalue weighted by atomic mass is 10.0. The van der Waals surface area contributed by atoms with Crippen LogP contribution in [0.1, 0.15) is 57.6 Å². The van der Waals surface area contributed by atoms with Gasteiger partial charge in [0.25, 0.3) is 0 Å². The van der Waals surface area contributed by atoms with E-state index >= 15 is 0 Å². The summed E-state index contributed by atoms with van der Waals surface area (Å²) in [4.78, 5) is 4.80. The highest BCUT2D eigenvalue weighted by atomic mass is 16.5. The van der Waals surface area contributed by atoms with Crippen LogP contribution in [0.5, 0.6) is 0 Å². The smallest absolute Gasteiger partial charge is 0.191 e.